The zero-order valence-electron chi connectivity index (χ0n) is 13.2. The third-order valence-corrected chi connectivity index (χ3v) is 7.11. The average Bonchev–Trinajstić information content (AvgIpc) is 2.60. The number of carbonyl (C=O) groups excluding carboxylic acids is 1. The van der Waals surface area contributed by atoms with Crippen LogP contribution >= 0.6 is 24.0 Å². The Morgan fingerprint density at radius 1 is 1.38 bits per heavy atom. The maximum atomic E-state index is 12.4. The molecule has 2 aliphatic rings. The second-order valence-corrected chi connectivity index (χ2v) is 8.60. The molecule has 1 heterocycles. The molecule has 21 heavy (non-hydrogen) atoms. The first-order valence-electron chi connectivity index (χ1n) is 7.46. The van der Waals surface area contributed by atoms with Crippen LogP contribution in [0.25, 0.3) is 0 Å². The molecule has 0 aromatic carbocycles. The Labute approximate surface area is 136 Å². The number of nitrogens with one attached hydrogen (secondary N) is 1. The molecule has 2 rings (SSSR count). The number of hydrogen-bond donors (Lipinski definition) is 2. The van der Waals surface area contributed by atoms with E-state index in [1.165, 1.54) is 18.2 Å². The Morgan fingerprint density at radius 2 is 1.95 bits per heavy atom. The van der Waals surface area contributed by atoms with E-state index in [1.807, 2.05) is 32.7 Å². The fourth-order valence-electron chi connectivity index (χ4n) is 2.88. The van der Waals surface area contributed by atoms with E-state index in [0.29, 0.717) is 4.32 Å². The maximum Gasteiger partial charge on any atom is 0.342 e. The first-order chi connectivity index (χ1) is 9.70. The quantitative estimate of drug-likeness (QED) is 0.462. The number of hydrogen-bond acceptors (Lipinski definition) is 4. The molecule has 0 unspecified atom stereocenters. The highest BCUT2D eigenvalue weighted by Crippen LogP contribution is 2.49. The molecule has 1 saturated carbocycles. The first-order valence-corrected chi connectivity index (χ1v) is 8.69. The summed E-state index contributed by atoms with van der Waals surface area (Å²) in [5, 5.41) is 14.3. The molecule has 0 spiro atoms. The SMILES string of the molecule is CN1C(=S)S[C@](C)(N(O)C(=O)NC2CCCCC2)C1(C)C. The Balaban J connectivity index is 2.09. The molecule has 7 heteroatoms. The van der Waals surface area contributed by atoms with Crippen molar-refractivity contribution in [3.63, 3.8) is 0 Å². The van der Waals surface area contributed by atoms with Crippen LogP contribution in [0.15, 0.2) is 0 Å². The minimum Gasteiger partial charge on any atom is -0.352 e. The molecule has 1 saturated heterocycles. The number of thioether (sulfide) groups is 1. The molecular formula is C14H25N3O2S2. The van der Waals surface area contributed by atoms with Gasteiger partial charge in [0.05, 0.1) is 5.54 Å². The Bertz CT molecular complexity index is 438. The molecule has 2 fully saturated rings. The molecule has 120 valence electrons. The zero-order valence-corrected chi connectivity index (χ0v) is 14.8. The van der Waals surface area contributed by atoms with Crippen LogP contribution in [0.3, 0.4) is 0 Å². The standard InChI is InChI=1S/C14H25N3O2S2/c1-13(2)14(3,21-12(20)16(13)4)17(19)11(18)15-10-8-6-5-7-9-10/h10,19H,5-9H2,1-4H3,(H,15,18)/t14-/m0/s1. The lowest BCUT2D eigenvalue weighted by molar-refractivity contribution is -0.116. The van der Waals surface area contributed by atoms with E-state index in [-0.39, 0.29) is 6.04 Å². The van der Waals surface area contributed by atoms with Gasteiger partial charge in [0, 0.05) is 13.1 Å². The summed E-state index contributed by atoms with van der Waals surface area (Å²) in [6.07, 6.45) is 5.49. The molecular weight excluding hydrogens is 306 g/mol. The van der Waals surface area contributed by atoms with Crippen LogP contribution in [0.5, 0.6) is 0 Å². The fourth-order valence-corrected chi connectivity index (χ4v) is 4.86. The third kappa shape index (κ3) is 2.87. The van der Waals surface area contributed by atoms with Crippen LogP contribution < -0.4 is 5.32 Å². The van der Waals surface area contributed by atoms with Gasteiger partial charge < -0.3 is 10.2 Å². The van der Waals surface area contributed by atoms with Crippen molar-refractivity contribution in [1.82, 2.24) is 15.3 Å². The van der Waals surface area contributed by atoms with E-state index in [9.17, 15) is 10.0 Å². The lowest BCUT2D eigenvalue weighted by atomic mass is 9.93. The topological polar surface area (TPSA) is 55.8 Å². The third-order valence-electron chi connectivity index (χ3n) is 5.06. The number of urea groups is 1. The van der Waals surface area contributed by atoms with Crippen molar-refractivity contribution in [1.29, 1.82) is 0 Å². The highest BCUT2D eigenvalue weighted by atomic mass is 32.2. The van der Waals surface area contributed by atoms with Gasteiger partial charge in [-0.15, -0.1) is 0 Å². The highest BCUT2D eigenvalue weighted by molar-refractivity contribution is 8.24. The average molecular weight is 332 g/mol. The molecule has 1 aliphatic heterocycles. The van der Waals surface area contributed by atoms with Gasteiger partial charge in [0.15, 0.2) is 0 Å². The molecule has 2 amide bonds. The van der Waals surface area contributed by atoms with Gasteiger partial charge in [0.2, 0.25) is 0 Å². The first kappa shape index (κ1) is 16.8. The minimum absolute atomic E-state index is 0.170. The Kier molecular flexibility index (Phi) is 4.75. The fraction of sp³-hybridized carbons (Fsp3) is 0.857. The monoisotopic (exact) mass is 331 g/mol. The summed E-state index contributed by atoms with van der Waals surface area (Å²) >= 11 is 6.68. The molecule has 5 nitrogen and oxygen atoms in total. The second kappa shape index (κ2) is 5.93. The number of likely N-dealkylation sites (N-methyl/N-ethyl adjacent to an activating group) is 1. The van der Waals surface area contributed by atoms with Gasteiger partial charge >= 0.3 is 6.03 Å². The van der Waals surface area contributed by atoms with Crippen molar-refractivity contribution in [2.45, 2.75) is 69.3 Å². The summed E-state index contributed by atoms with van der Waals surface area (Å²) in [7, 11) is 1.90. The lowest BCUT2D eigenvalue weighted by Gasteiger charge is -2.44. The number of rotatable bonds is 2. The van der Waals surface area contributed by atoms with Gasteiger partial charge in [-0.05, 0) is 33.6 Å². The lowest BCUT2D eigenvalue weighted by Crippen LogP contribution is -2.62. The van der Waals surface area contributed by atoms with Crippen molar-refractivity contribution in [3.05, 3.63) is 0 Å². The zero-order chi connectivity index (χ0) is 15.8. The number of hydroxylamine groups is 2. The van der Waals surface area contributed by atoms with Gasteiger partial charge in [-0.2, -0.15) is 5.06 Å². The van der Waals surface area contributed by atoms with Crippen molar-refractivity contribution in [2.75, 3.05) is 7.05 Å². The van der Waals surface area contributed by atoms with E-state index in [0.717, 1.165) is 30.7 Å². The van der Waals surface area contributed by atoms with E-state index in [4.69, 9.17) is 12.2 Å². The molecule has 1 atom stereocenters. The normalized spacial score (nSPS) is 29.6. The Morgan fingerprint density at radius 3 is 2.43 bits per heavy atom. The summed E-state index contributed by atoms with van der Waals surface area (Å²) in [6, 6.07) is -0.258. The van der Waals surface area contributed by atoms with Gasteiger partial charge in [-0.3, -0.25) is 5.21 Å². The smallest absolute Gasteiger partial charge is 0.342 e. The van der Waals surface area contributed by atoms with E-state index >= 15 is 0 Å². The molecule has 2 N–H and O–H groups in total. The largest absolute Gasteiger partial charge is 0.352 e. The maximum absolute atomic E-state index is 12.4. The van der Waals surface area contributed by atoms with Gasteiger partial charge in [0.25, 0.3) is 0 Å². The summed E-state index contributed by atoms with van der Waals surface area (Å²) in [5.74, 6) is 0. The van der Waals surface area contributed by atoms with Crippen molar-refractivity contribution < 1.29 is 10.0 Å². The summed E-state index contributed by atoms with van der Waals surface area (Å²) in [4.78, 5) is 13.5. The van der Waals surface area contributed by atoms with Crippen LogP contribution in [0.1, 0.15) is 52.9 Å². The number of thiocarbonyl (C=S) groups is 1. The van der Waals surface area contributed by atoms with Gasteiger partial charge in [-0.1, -0.05) is 43.2 Å². The number of amides is 2. The molecule has 1 aliphatic carbocycles. The predicted octanol–water partition coefficient (Wildman–Crippen LogP) is 3.18. The van der Waals surface area contributed by atoms with Crippen molar-refractivity contribution >= 4 is 34.3 Å². The molecule has 0 aromatic rings. The molecule has 0 aromatic heterocycles. The highest BCUT2D eigenvalue weighted by Gasteiger charge is 2.57. The summed E-state index contributed by atoms with van der Waals surface area (Å²) in [5.41, 5.74) is -0.451. The van der Waals surface area contributed by atoms with Crippen LogP contribution in [-0.2, 0) is 0 Å². The van der Waals surface area contributed by atoms with Crippen LogP contribution in [-0.4, -0.2) is 49.0 Å². The van der Waals surface area contributed by atoms with E-state index < -0.39 is 16.4 Å². The summed E-state index contributed by atoms with van der Waals surface area (Å²) in [6.45, 7) is 5.82. The molecule has 0 radical (unpaired) electrons. The van der Waals surface area contributed by atoms with Gasteiger partial charge in [0.1, 0.15) is 9.19 Å². The van der Waals surface area contributed by atoms with Crippen LogP contribution in [0.4, 0.5) is 4.79 Å². The van der Waals surface area contributed by atoms with Crippen molar-refractivity contribution in [2.24, 2.45) is 0 Å². The number of nitrogens with zero attached hydrogens (tertiary/aromatic N) is 2. The van der Waals surface area contributed by atoms with Gasteiger partial charge in [-0.25, -0.2) is 4.79 Å². The number of carbonyl (C=O) groups is 1. The van der Waals surface area contributed by atoms with Crippen LogP contribution in [0.2, 0.25) is 0 Å². The summed E-state index contributed by atoms with van der Waals surface area (Å²) < 4.78 is 0.687. The second-order valence-electron chi connectivity index (χ2n) is 6.57. The molecule has 0 bridgehead atoms. The predicted molar refractivity (Wildman–Crippen MR) is 89.5 cm³/mol. The van der Waals surface area contributed by atoms with E-state index in [2.05, 4.69) is 5.32 Å². The minimum atomic E-state index is -0.808. The Hall–Kier alpha value is -0.530. The van der Waals surface area contributed by atoms with E-state index in [1.54, 1.807) is 0 Å². The van der Waals surface area contributed by atoms with Crippen molar-refractivity contribution in [3.8, 4) is 0 Å². The van der Waals surface area contributed by atoms with Crippen LogP contribution in [0, 0.1) is 0 Å².